The molecule has 4 nitrogen and oxygen atoms in total. The van der Waals surface area contributed by atoms with E-state index < -0.39 is 5.54 Å². The van der Waals surface area contributed by atoms with E-state index in [1.807, 2.05) is 74.5 Å². The molecule has 3 aromatic carbocycles. The molecule has 158 valence electrons. The quantitative estimate of drug-likeness (QED) is 0.547. The van der Waals surface area contributed by atoms with E-state index in [9.17, 15) is 9.59 Å². The highest BCUT2D eigenvalue weighted by molar-refractivity contribution is 6.17. The van der Waals surface area contributed by atoms with Crippen molar-refractivity contribution in [3.8, 4) is 0 Å². The molecule has 1 saturated heterocycles. The first-order chi connectivity index (χ1) is 14.8. The Bertz CT molecular complexity index is 1120. The summed E-state index contributed by atoms with van der Waals surface area (Å²) in [6, 6.07) is 23.5. The fourth-order valence-corrected chi connectivity index (χ4v) is 4.18. The van der Waals surface area contributed by atoms with Gasteiger partial charge in [0.15, 0.2) is 5.54 Å². The molecule has 1 unspecified atom stereocenters. The van der Waals surface area contributed by atoms with Crippen molar-refractivity contribution in [1.29, 1.82) is 0 Å². The Morgan fingerprint density at radius 3 is 2.16 bits per heavy atom. The fraction of sp³-hybridized carbons (Fsp3) is 0.259. The third kappa shape index (κ3) is 3.63. The number of nitrogens with zero attached hydrogens (tertiary/aromatic N) is 1. The van der Waals surface area contributed by atoms with Crippen LogP contribution < -0.4 is 10.2 Å². The third-order valence-electron chi connectivity index (χ3n) is 6.15. The zero-order chi connectivity index (χ0) is 22.2. The van der Waals surface area contributed by atoms with Gasteiger partial charge in [-0.15, -0.1) is 0 Å². The molecule has 0 bridgehead atoms. The van der Waals surface area contributed by atoms with Crippen molar-refractivity contribution in [3.63, 3.8) is 0 Å². The highest BCUT2D eigenvalue weighted by Gasteiger charge is 2.58. The number of para-hydroxylation sites is 1. The number of carbonyl (C=O) groups excluding carboxylic acids is 2. The van der Waals surface area contributed by atoms with Gasteiger partial charge in [-0.1, -0.05) is 74.0 Å². The van der Waals surface area contributed by atoms with Crippen LogP contribution in [0.3, 0.4) is 0 Å². The average molecular weight is 413 g/mol. The molecule has 1 heterocycles. The van der Waals surface area contributed by atoms with Gasteiger partial charge in [-0.25, -0.2) is 0 Å². The molecule has 1 N–H and O–H groups in total. The van der Waals surface area contributed by atoms with Crippen LogP contribution in [0.15, 0.2) is 72.8 Å². The van der Waals surface area contributed by atoms with Gasteiger partial charge in [0.05, 0.1) is 6.42 Å². The smallest absolute Gasteiger partial charge is 0.255 e. The van der Waals surface area contributed by atoms with E-state index in [1.54, 1.807) is 4.90 Å². The molecule has 0 aliphatic carbocycles. The molecule has 0 saturated carbocycles. The van der Waals surface area contributed by atoms with Crippen LogP contribution in [0.4, 0.5) is 11.4 Å². The lowest BCUT2D eigenvalue weighted by molar-refractivity contribution is -0.137. The first kappa shape index (κ1) is 20.9. The highest BCUT2D eigenvalue weighted by Crippen LogP contribution is 2.46. The van der Waals surface area contributed by atoms with Crippen LogP contribution in [0.25, 0.3) is 0 Å². The monoisotopic (exact) mass is 412 g/mol. The summed E-state index contributed by atoms with van der Waals surface area (Å²) in [5.41, 5.74) is 4.52. The number of anilines is 2. The summed E-state index contributed by atoms with van der Waals surface area (Å²) < 4.78 is 0. The number of nitrogens with one attached hydrogen (secondary N) is 1. The number of benzene rings is 3. The van der Waals surface area contributed by atoms with Gasteiger partial charge >= 0.3 is 0 Å². The van der Waals surface area contributed by atoms with E-state index in [4.69, 9.17) is 0 Å². The summed E-state index contributed by atoms with van der Waals surface area (Å²) in [6.45, 7) is 8.25. The molecule has 3 aromatic rings. The topological polar surface area (TPSA) is 49.4 Å². The predicted octanol–water partition coefficient (Wildman–Crippen LogP) is 5.70. The summed E-state index contributed by atoms with van der Waals surface area (Å²) in [5.74, 6) is 0.137. The van der Waals surface area contributed by atoms with Gasteiger partial charge in [0.2, 0.25) is 5.91 Å². The number of carbonyl (C=O) groups is 2. The van der Waals surface area contributed by atoms with Crippen LogP contribution in [0, 0.1) is 13.8 Å². The molecule has 4 heteroatoms. The Kier molecular flexibility index (Phi) is 5.40. The zero-order valence-electron chi connectivity index (χ0n) is 18.5. The van der Waals surface area contributed by atoms with Gasteiger partial charge in [-0.05, 0) is 54.7 Å². The Morgan fingerprint density at radius 2 is 1.58 bits per heavy atom. The van der Waals surface area contributed by atoms with Crippen molar-refractivity contribution in [3.05, 3.63) is 95.1 Å². The molecule has 1 aliphatic rings. The van der Waals surface area contributed by atoms with Gasteiger partial charge in [0.1, 0.15) is 0 Å². The molecule has 31 heavy (non-hydrogen) atoms. The Labute approximate surface area is 183 Å². The fourth-order valence-electron chi connectivity index (χ4n) is 4.18. The molecule has 2 amide bonds. The standard InChI is InChI=1S/C27H28N2O2/c1-18(2)21-11-13-22(14-12-21)27(26(31)28-24-8-6-5-7-20(24)4)17-25(30)29(27)23-15-9-19(3)10-16-23/h5-16,18H,17H2,1-4H3,(H,28,31). The lowest BCUT2D eigenvalue weighted by Gasteiger charge is -2.50. The second kappa shape index (κ2) is 8.03. The van der Waals surface area contributed by atoms with Gasteiger partial charge in [-0.3, -0.25) is 14.5 Å². The van der Waals surface area contributed by atoms with Crippen LogP contribution in [-0.2, 0) is 15.1 Å². The second-order valence-corrected chi connectivity index (χ2v) is 8.65. The third-order valence-corrected chi connectivity index (χ3v) is 6.15. The molecule has 1 atom stereocenters. The second-order valence-electron chi connectivity index (χ2n) is 8.65. The van der Waals surface area contributed by atoms with Crippen molar-refractivity contribution in [1.82, 2.24) is 0 Å². The molecule has 0 spiro atoms. The lowest BCUT2D eigenvalue weighted by atomic mass is 9.75. The van der Waals surface area contributed by atoms with Crippen LogP contribution in [0.5, 0.6) is 0 Å². The predicted molar refractivity (Wildman–Crippen MR) is 125 cm³/mol. The largest absolute Gasteiger partial charge is 0.323 e. The van der Waals surface area contributed by atoms with Crippen LogP contribution >= 0.6 is 0 Å². The first-order valence-electron chi connectivity index (χ1n) is 10.7. The molecule has 1 fully saturated rings. The van der Waals surface area contributed by atoms with Crippen LogP contribution in [0.1, 0.15) is 48.4 Å². The molecular weight excluding hydrogens is 384 g/mol. The molecule has 4 rings (SSSR count). The van der Waals surface area contributed by atoms with E-state index in [0.717, 1.165) is 28.1 Å². The summed E-state index contributed by atoms with van der Waals surface area (Å²) in [7, 11) is 0. The van der Waals surface area contributed by atoms with Crippen LogP contribution in [0.2, 0.25) is 0 Å². The molecular formula is C27H28N2O2. The number of amides is 2. The van der Waals surface area contributed by atoms with Crippen molar-refractivity contribution < 1.29 is 9.59 Å². The van der Waals surface area contributed by atoms with Crippen molar-refractivity contribution >= 4 is 23.2 Å². The number of hydrogen-bond acceptors (Lipinski definition) is 2. The molecule has 0 aromatic heterocycles. The number of aryl methyl sites for hydroxylation is 2. The summed E-state index contributed by atoms with van der Waals surface area (Å²) in [5, 5.41) is 3.09. The minimum atomic E-state index is -1.08. The molecule has 0 radical (unpaired) electrons. The van der Waals surface area contributed by atoms with Gasteiger partial charge < -0.3 is 5.32 Å². The zero-order valence-corrected chi connectivity index (χ0v) is 18.5. The van der Waals surface area contributed by atoms with E-state index in [0.29, 0.717) is 5.92 Å². The van der Waals surface area contributed by atoms with Gasteiger partial charge in [0, 0.05) is 11.4 Å². The van der Waals surface area contributed by atoms with Crippen molar-refractivity contribution in [2.24, 2.45) is 0 Å². The van der Waals surface area contributed by atoms with Gasteiger partial charge in [-0.2, -0.15) is 0 Å². The minimum absolute atomic E-state index is 0.0586. The summed E-state index contributed by atoms with van der Waals surface area (Å²) >= 11 is 0. The maximum Gasteiger partial charge on any atom is 0.255 e. The first-order valence-corrected chi connectivity index (χ1v) is 10.7. The number of hydrogen-bond donors (Lipinski definition) is 1. The van der Waals surface area contributed by atoms with E-state index in [2.05, 4.69) is 31.3 Å². The van der Waals surface area contributed by atoms with Crippen LogP contribution in [-0.4, -0.2) is 11.8 Å². The summed E-state index contributed by atoms with van der Waals surface area (Å²) in [6.07, 6.45) is 0.139. The lowest BCUT2D eigenvalue weighted by Crippen LogP contribution is -2.67. The average Bonchev–Trinajstić information content (AvgIpc) is 2.75. The highest BCUT2D eigenvalue weighted by atomic mass is 16.2. The Morgan fingerprint density at radius 1 is 0.935 bits per heavy atom. The van der Waals surface area contributed by atoms with E-state index in [1.165, 1.54) is 5.56 Å². The van der Waals surface area contributed by atoms with E-state index in [-0.39, 0.29) is 18.2 Å². The van der Waals surface area contributed by atoms with Crippen molar-refractivity contribution in [2.45, 2.75) is 45.6 Å². The maximum absolute atomic E-state index is 13.8. The number of rotatable bonds is 5. The van der Waals surface area contributed by atoms with Crippen molar-refractivity contribution in [2.75, 3.05) is 10.2 Å². The number of β-lactam (4-membered cyclic amide) rings is 1. The van der Waals surface area contributed by atoms with Gasteiger partial charge in [0.25, 0.3) is 5.91 Å². The van der Waals surface area contributed by atoms with E-state index >= 15 is 0 Å². The minimum Gasteiger partial charge on any atom is -0.323 e. The Hall–Kier alpha value is -3.40. The maximum atomic E-state index is 13.8. The normalized spacial score (nSPS) is 18.1. The molecule has 1 aliphatic heterocycles. The Balaban J connectivity index is 1.80. The summed E-state index contributed by atoms with van der Waals surface area (Å²) in [4.78, 5) is 28.3. The SMILES string of the molecule is Cc1ccc(N2C(=O)CC2(C(=O)Nc2ccccc2C)c2ccc(C(C)C)cc2)cc1.